The number of para-hydroxylation sites is 1. The van der Waals surface area contributed by atoms with Gasteiger partial charge >= 0.3 is 0 Å². The van der Waals surface area contributed by atoms with Crippen molar-refractivity contribution in [2.75, 3.05) is 4.90 Å². The highest BCUT2D eigenvalue weighted by Gasteiger charge is 2.23. The lowest BCUT2D eigenvalue weighted by Crippen LogP contribution is -2.12. The number of anilines is 3. The second-order valence-corrected chi connectivity index (χ2v) is 16.8. The number of fused-ring (bicyclic) bond motifs is 5. The van der Waals surface area contributed by atoms with Gasteiger partial charge < -0.3 is 4.90 Å². The molecule has 0 amide bonds. The largest absolute Gasteiger partial charge is 0.309 e. The molecule has 0 aromatic heterocycles. The van der Waals surface area contributed by atoms with Gasteiger partial charge in [-0.3, -0.25) is 0 Å². The van der Waals surface area contributed by atoms with Crippen molar-refractivity contribution >= 4 is 60.2 Å². The van der Waals surface area contributed by atoms with Gasteiger partial charge in [-0.05, 0) is 124 Å². The first kappa shape index (κ1) is 38.2. The molecule has 12 aromatic rings. The molecule has 12 aromatic carbocycles. The predicted molar refractivity (Wildman–Crippen MR) is 278 cm³/mol. The average molecular weight is 826 g/mol. The normalized spacial score (nSPS) is 11.4. The quantitative estimate of drug-likeness (QED) is 0.138. The van der Waals surface area contributed by atoms with E-state index in [1.54, 1.807) is 0 Å². The Morgan fingerprint density at radius 3 is 1.43 bits per heavy atom. The van der Waals surface area contributed by atoms with Crippen molar-refractivity contribution in [2.45, 2.75) is 0 Å². The second kappa shape index (κ2) is 16.3. The van der Waals surface area contributed by atoms with E-state index in [1.807, 2.05) is 0 Å². The molecule has 0 aliphatic carbocycles. The molecule has 0 bridgehead atoms. The zero-order valence-electron chi connectivity index (χ0n) is 35.8. The van der Waals surface area contributed by atoms with Crippen LogP contribution in [0.4, 0.5) is 17.1 Å². The van der Waals surface area contributed by atoms with Crippen molar-refractivity contribution in [2.24, 2.45) is 0 Å². The van der Waals surface area contributed by atoms with Gasteiger partial charge in [-0.25, -0.2) is 0 Å². The number of nitrogens with zero attached hydrogens (tertiary/aromatic N) is 1. The summed E-state index contributed by atoms with van der Waals surface area (Å²) in [5.41, 5.74) is 15.4. The van der Waals surface area contributed by atoms with Crippen LogP contribution in [0.25, 0.3) is 98.7 Å². The van der Waals surface area contributed by atoms with Crippen molar-refractivity contribution in [1.29, 1.82) is 0 Å². The Bertz CT molecular complexity index is 3690. The molecule has 12 rings (SSSR count). The Hall–Kier alpha value is -8.52. The van der Waals surface area contributed by atoms with Crippen molar-refractivity contribution < 1.29 is 0 Å². The highest BCUT2D eigenvalue weighted by molar-refractivity contribution is 6.22. The van der Waals surface area contributed by atoms with Crippen molar-refractivity contribution in [3.63, 3.8) is 0 Å². The molecular weight excluding hydrogens is 783 g/mol. The fourth-order valence-corrected chi connectivity index (χ4v) is 10.0. The summed E-state index contributed by atoms with van der Waals surface area (Å²) >= 11 is 0. The lowest BCUT2D eigenvalue weighted by Gasteiger charge is -2.30. The molecule has 0 heterocycles. The van der Waals surface area contributed by atoms with Crippen LogP contribution in [0.3, 0.4) is 0 Å². The van der Waals surface area contributed by atoms with E-state index in [-0.39, 0.29) is 0 Å². The smallest absolute Gasteiger partial charge is 0.0540 e. The van der Waals surface area contributed by atoms with Gasteiger partial charge in [0.2, 0.25) is 0 Å². The molecule has 1 nitrogen and oxygen atoms in total. The summed E-state index contributed by atoms with van der Waals surface area (Å²) in [6.07, 6.45) is 0. The lowest BCUT2D eigenvalue weighted by molar-refractivity contribution is 1.30. The zero-order valence-corrected chi connectivity index (χ0v) is 35.8. The van der Waals surface area contributed by atoms with Crippen LogP contribution >= 0.6 is 0 Å². The van der Waals surface area contributed by atoms with Gasteiger partial charge in [-0.2, -0.15) is 0 Å². The molecule has 0 saturated carbocycles. The lowest BCUT2D eigenvalue weighted by atomic mass is 9.84. The Kier molecular flexibility index (Phi) is 9.58. The zero-order chi connectivity index (χ0) is 43.1. The summed E-state index contributed by atoms with van der Waals surface area (Å²) in [4.78, 5) is 2.48. The summed E-state index contributed by atoms with van der Waals surface area (Å²) in [5, 5.41) is 9.76. The molecule has 0 saturated heterocycles. The molecule has 0 fully saturated rings. The first-order chi connectivity index (χ1) is 32.3. The molecule has 304 valence electrons. The highest BCUT2D eigenvalue weighted by atomic mass is 15.1. The van der Waals surface area contributed by atoms with Crippen LogP contribution in [0.1, 0.15) is 0 Å². The van der Waals surface area contributed by atoms with Gasteiger partial charge in [0.15, 0.2) is 0 Å². The Morgan fingerprint density at radius 1 is 0.215 bits per heavy atom. The molecule has 0 spiro atoms. The second-order valence-electron chi connectivity index (χ2n) is 16.8. The van der Waals surface area contributed by atoms with Gasteiger partial charge in [0, 0.05) is 16.6 Å². The first-order valence-corrected chi connectivity index (χ1v) is 22.4. The van der Waals surface area contributed by atoms with Gasteiger partial charge in [-0.15, -0.1) is 0 Å². The monoisotopic (exact) mass is 825 g/mol. The molecule has 0 atom stereocenters. The SMILES string of the molecule is c1ccc(-c2ccc3cc(N(c4ccccc4-c4ccc5c(c4)c(-c4ccccc4)c(-c4ccccc4)c4ccccc45)c4ccc(-c5ccccc5)c5ccccc45)ccc3c2)cc1. The van der Waals surface area contributed by atoms with E-state index in [2.05, 4.69) is 266 Å². The average Bonchev–Trinajstić information content (AvgIpc) is 3.39. The molecule has 65 heavy (non-hydrogen) atoms. The van der Waals surface area contributed by atoms with Crippen molar-refractivity contribution in [3.05, 3.63) is 261 Å². The van der Waals surface area contributed by atoms with Crippen molar-refractivity contribution in [3.8, 4) is 55.6 Å². The summed E-state index contributed by atoms with van der Waals surface area (Å²) < 4.78 is 0. The third-order valence-corrected chi connectivity index (χ3v) is 13.0. The van der Waals surface area contributed by atoms with E-state index >= 15 is 0 Å². The summed E-state index contributed by atoms with van der Waals surface area (Å²) in [5.74, 6) is 0. The van der Waals surface area contributed by atoms with Crippen LogP contribution in [-0.4, -0.2) is 0 Å². The van der Waals surface area contributed by atoms with Gasteiger partial charge in [0.05, 0.1) is 11.4 Å². The van der Waals surface area contributed by atoms with E-state index < -0.39 is 0 Å². The molecular formula is C64H43N. The van der Waals surface area contributed by atoms with E-state index in [9.17, 15) is 0 Å². The maximum Gasteiger partial charge on any atom is 0.0540 e. The molecule has 0 N–H and O–H groups in total. The van der Waals surface area contributed by atoms with Gasteiger partial charge in [0.25, 0.3) is 0 Å². The van der Waals surface area contributed by atoms with E-state index in [1.165, 1.54) is 87.6 Å². The molecule has 0 aliphatic heterocycles. The fraction of sp³-hybridized carbons (Fsp3) is 0. The van der Waals surface area contributed by atoms with E-state index in [4.69, 9.17) is 0 Å². The number of rotatable bonds is 8. The number of hydrogen-bond donors (Lipinski definition) is 0. The van der Waals surface area contributed by atoms with Crippen LogP contribution < -0.4 is 4.90 Å². The molecule has 0 unspecified atom stereocenters. The minimum absolute atomic E-state index is 1.10. The number of hydrogen-bond acceptors (Lipinski definition) is 1. The maximum absolute atomic E-state index is 2.48. The van der Waals surface area contributed by atoms with Crippen LogP contribution in [-0.2, 0) is 0 Å². The van der Waals surface area contributed by atoms with Gasteiger partial charge in [0.1, 0.15) is 0 Å². The van der Waals surface area contributed by atoms with E-state index in [0.29, 0.717) is 0 Å². The summed E-state index contributed by atoms with van der Waals surface area (Å²) in [6.45, 7) is 0. The molecule has 0 radical (unpaired) electrons. The first-order valence-electron chi connectivity index (χ1n) is 22.4. The highest BCUT2D eigenvalue weighted by Crippen LogP contribution is 2.49. The maximum atomic E-state index is 2.48. The predicted octanol–water partition coefficient (Wildman–Crippen LogP) is 18.1. The van der Waals surface area contributed by atoms with Crippen molar-refractivity contribution in [1.82, 2.24) is 0 Å². The third-order valence-electron chi connectivity index (χ3n) is 13.0. The van der Waals surface area contributed by atoms with Gasteiger partial charge in [-0.1, -0.05) is 224 Å². The number of benzene rings is 12. The minimum atomic E-state index is 1.10. The van der Waals surface area contributed by atoms with Crippen LogP contribution in [0.15, 0.2) is 261 Å². The fourth-order valence-electron chi connectivity index (χ4n) is 10.0. The van der Waals surface area contributed by atoms with Crippen LogP contribution in [0.5, 0.6) is 0 Å². The third kappa shape index (κ3) is 6.82. The Morgan fingerprint density at radius 2 is 0.723 bits per heavy atom. The molecule has 1 heteroatoms. The summed E-state index contributed by atoms with van der Waals surface area (Å²) in [7, 11) is 0. The van der Waals surface area contributed by atoms with Crippen LogP contribution in [0, 0.1) is 0 Å². The Labute approximate surface area is 379 Å². The summed E-state index contributed by atoms with van der Waals surface area (Å²) in [6, 6.07) is 95.4. The minimum Gasteiger partial charge on any atom is -0.309 e. The Balaban J connectivity index is 1.11. The van der Waals surface area contributed by atoms with E-state index in [0.717, 1.165) is 28.2 Å². The topological polar surface area (TPSA) is 3.24 Å². The van der Waals surface area contributed by atoms with Crippen LogP contribution in [0.2, 0.25) is 0 Å². The standard InChI is InChI=1S/C64H43N/c1-5-19-44(20-6-1)48-33-34-50-42-52(37-35-49(50)41-48)65(62-40-39-53(45-21-7-2-8-22-45)55-28-13-15-30-58(55)62)61-32-18-17-27-54(61)51-36-38-57-56-29-14-16-31-59(56)63(46-23-9-3-10-24-46)64(60(57)43-51)47-25-11-4-12-26-47/h1-43H. The molecule has 0 aliphatic rings.